The fraction of sp³-hybridized carbons (Fsp3) is 0.529. The van der Waals surface area contributed by atoms with Crippen molar-refractivity contribution < 1.29 is 24.5 Å². The Morgan fingerprint density at radius 2 is 1.77 bits per heavy atom. The first kappa shape index (κ1) is 16.6. The van der Waals surface area contributed by atoms with E-state index in [1.165, 1.54) is 0 Å². The van der Waals surface area contributed by atoms with Gasteiger partial charge < -0.3 is 14.9 Å². The summed E-state index contributed by atoms with van der Waals surface area (Å²) in [6.45, 7) is 0. The summed E-state index contributed by atoms with van der Waals surface area (Å²) in [5.41, 5.74) is 0.496. The van der Waals surface area contributed by atoms with E-state index in [0.29, 0.717) is 24.8 Å². The van der Waals surface area contributed by atoms with Gasteiger partial charge in [-0.05, 0) is 44.2 Å². The second-order valence-electron chi connectivity index (χ2n) is 5.69. The lowest BCUT2D eigenvalue weighted by molar-refractivity contribution is -0.133. The SMILES string of the molecule is O=C(OC1CCCCC(=O)C(O)C(O)CC1)c1ccccc1. The van der Waals surface area contributed by atoms with Gasteiger partial charge in [-0.2, -0.15) is 0 Å². The Labute approximate surface area is 129 Å². The highest BCUT2D eigenvalue weighted by molar-refractivity contribution is 5.89. The Hall–Kier alpha value is -1.72. The number of esters is 1. The Morgan fingerprint density at radius 3 is 2.50 bits per heavy atom. The number of carbonyl (C=O) groups is 2. The summed E-state index contributed by atoms with van der Waals surface area (Å²) >= 11 is 0. The Bertz CT molecular complexity index is 499. The molecule has 0 radical (unpaired) electrons. The zero-order valence-corrected chi connectivity index (χ0v) is 12.5. The predicted octanol–water partition coefficient (Wildman–Crippen LogP) is 1.86. The van der Waals surface area contributed by atoms with Gasteiger partial charge in [0.15, 0.2) is 5.78 Å². The van der Waals surface area contributed by atoms with Crippen molar-refractivity contribution in [1.82, 2.24) is 0 Å². The fourth-order valence-corrected chi connectivity index (χ4v) is 2.60. The van der Waals surface area contributed by atoms with Crippen LogP contribution in [0.5, 0.6) is 0 Å². The fourth-order valence-electron chi connectivity index (χ4n) is 2.60. The predicted molar refractivity (Wildman–Crippen MR) is 80.4 cm³/mol. The molecule has 22 heavy (non-hydrogen) atoms. The molecule has 1 aromatic rings. The van der Waals surface area contributed by atoms with Gasteiger partial charge in [-0.3, -0.25) is 4.79 Å². The molecule has 1 aromatic carbocycles. The molecule has 0 amide bonds. The van der Waals surface area contributed by atoms with Crippen molar-refractivity contribution >= 4 is 11.8 Å². The van der Waals surface area contributed by atoms with Crippen LogP contribution in [-0.2, 0) is 9.53 Å². The maximum atomic E-state index is 12.1. The van der Waals surface area contributed by atoms with E-state index < -0.39 is 12.2 Å². The molecule has 1 saturated carbocycles. The van der Waals surface area contributed by atoms with Crippen molar-refractivity contribution in [2.45, 2.75) is 56.8 Å². The van der Waals surface area contributed by atoms with E-state index in [0.717, 1.165) is 6.42 Å². The number of hydrogen-bond donors (Lipinski definition) is 2. The van der Waals surface area contributed by atoms with Gasteiger partial charge in [0.25, 0.3) is 0 Å². The highest BCUT2D eigenvalue weighted by Crippen LogP contribution is 2.19. The molecule has 3 atom stereocenters. The van der Waals surface area contributed by atoms with Crippen molar-refractivity contribution in [3.8, 4) is 0 Å². The zero-order chi connectivity index (χ0) is 15.9. The van der Waals surface area contributed by atoms with Gasteiger partial charge in [0.05, 0.1) is 11.7 Å². The average molecular weight is 306 g/mol. The molecule has 0 spiro atoms. The van der Waals surface area contributed by atoms with Crippen LogP contribution in [0.1, 0.15) is 48.9 Å². The Kier molecular flexibility index (Phi) is 6.10. The number of Topliss-reactive ketones (excluding diaryl/α,β-unsaturated/α-hetero) is 1. The van der Waals surface area contributed by atoms with E-state index in [-0.39, 0.29) is 30.7 Å². The minimum absolute atomic E-state index is 0.236. The molecule has 3 unspecified atom stereocenters. The number of ether oxygens (including phenoxy) is 1. The lowest BCUT2D eigenvalue weighted by Crippen LogP contribution is -2.35. The van der Waals surface area contributed by atoms with Crippen LogP contribution >= 0.6 is 0 Å². The van der Waals surface area contributed by atoms with Gasteiger partial charge in [0.2, 0.25) is 0 Å². The Balaban J connectivity index is 1.95. The van der Waals surface area contributed by atoms with Crippen LogP contribution in [0.4, 0.5) is 0 Å². The minimum atomic E-state index is -1.33. The van der Waals surface area contributed by atoms with Crippen molar-refractivity contribution in [1.29, 1.82) is 0 Å². The van der Waals surface area contributed by atoms with Crippen LogP contribution < -0.4 is 0 Å². The van der Waals surface area contributed by atoms with Gasteiger partial charge >= 0.3 is 5.97 Å². The topological polar surface area (TPSA) is 83.8 Å². The molecule has 2 rings (SSSR count). The second kappa shape index (κ2) is 8.06. The summed E-state index contributed by atoms with van der Waals surface area (Å²) in [5, 5.41) is 19.5. The number of aliphatic hydroxyl groups is 2. The molecule has 1 fully saturated rings. The van der Waals surface area contributed by atoms with E-state index in [1.807, 2.05) is 6.07 Å². The van der Waals surface area contributed by atoms with E-state index in [2.05, 4.69) is 0 Å². The average Bonchev–Trinajstić information content (AvgIpc) is 2.54. The van der Waals surface area contributed by atoms with Crippen LogP contribution in [0.2, 0.25) is 0 Å². The number of aliphatic hydroxyl groups excluding tert-OH is 2. The van der Waals surface area contributed by atoms with Gasteiger partial charge in [0, 0.05) is 6.42 Å². The smallest absolute Gasteiger partial charge is 0.338 e. The van der Waals surface area contributed by atoms with Crippen molar-refractivity contribution in [3.63, 3.8) is 0 Å². The van der Waals surface area contributed by atoms with Gasteiger partial charge in [-0.15, -0.1) is 0 Å². The number of ketones is 1. The third kappa shape index (κ3) is 4.64. The lowest BCUT2D eigenvalue weighted by Gasteiger charge is -2.23. The van der Waals surface area contributed by atoms with Gasteiger partial charge in [-0.1, -0.05) is 18.2 Å². The normalized spacial score (nSPS) is 27.2. The summed E-state index contributed by atoms with van der Waals surface area (Å²) in [4.78, 5) is 23.7. The molecule has 1 aliphatic carbocycles. The number of hydrogen-bond acceptors (Lipinski definition) is 5. The summed E-state index contributed by atoms with van der Waals surface area (Å²) in [5.74, 6) is -0.694. The van der Waals surface area contributed by atoms with Gasteiger partial charge in [-0.25, -0.2) is 4.79 Å². The van der Waals surface area contributed by atoms with Crippen LogP contribution in [0, 0.1) is 0 Å². The van der Waals surface area contributed by atoms with Crippen molar-refractivity contribution in [2.75, 3.05) is 0 Å². The van der Waals surface area contributed by atoms with Crippen LogP contribution in [-0.4, -0.2) is 40.3 Å². The summed E-state index contributed by atoms with van der Waals surface area (Å²) in [6, 6.07) is 8.76. The van der Waals surface area contributed by atoms with E-state index in [9.17, 15) is 19.8 Å². The van der Waals surface area contributed by atoms with Crippen LogP contribution in [0.15, 0.2) is 30.3 Å². The first-order chi connectivity index (χ1) is 10.6. The molecule has 0 heterocycles. The molecule has 5 heteroatoms. The summed E-state index contributed by atoms with van der Waals surface area (Å²) in [7, 11) is 0. The van der Waals surface area contributed by atoms with Crippen molar-refractivity contribution in [2.24, 2.45) is 0 Å². The van der Waals surface area contributed by atoms with Gasteiger partial charge in [0.1, 0.15) is 12.2 Å². The molecular formula is C17H22O5. The first-order valence-electron chi connectivity index (χ1n) is 7.73. The summed E-state index contributed by atoms with van der Waals surface area (Å²) < 4.78 is 5.50. The second-order valence-corrected chi connectivity index (χ2v) is 5.69. The molecule has 2 N–H and O–H groups in total. The molecule has 0 bridgehead atoms. The third-order valence-electron chi connectivity index (χ3n) is 3.96. The highest BCUT2D eigenvalue weighted by atomic mass is 16.5. The lowest BCUT2D eigenvalue weighted by atomic mass is 9.95. The maximum Gasteiger partial charge on any atom is 0.338 e. The molecule has 0 aromatic heterocycles. The van der Waals surface area contributed by atoms with Crippen molar-refractivity contribution in [3.05, 3.63) is 35.9 Å². The van der Waals surface area contributed by atoms with Crippen LogP contribution in [0.3, 0.4) is 0 Å². The molecular weight excluding hydrogens is 284 g/mol. The zero-order valence-electron chi connectivity index (χ0n) is 12.5. The minimum Gasteiger partial charge on any atom is -0.459 e. The first-order valence-corrected chi connectivity index (χ1v) is 7.73. The number of benzene rings is 1. The molecule has 120 valence electrons. The van der Waals surface area contributed by atoms with E-state index >= 15 is 0 Å². The Morgan fingerprint density at radius 1 is 1.05 bits per heavy atom. The van der Waals surface area contributed by atoms with Crippen LogP contribution in [0.25, 0.3) is 0 Å². The molecule has 0 aliphatic heterocycles. The molecule has 1 aliphatic rings. The highest BCUT2D eigenvalue weighted by Gasteiger charge is 2.27. The quantitative estimate of drug-likeness (QED) is 0.815. The monoisotopic (exact) mass is 306 g/mol. The number of carbonyl (C=O) groups excluding carboxylic acids is 2. The third-order valence-corrected chi connectivity index (χ3v) is 3.96. The van der Waals surface area contributed by atoms with E-state index in [4.69, 9.17) is 4.74 Å². The maximum absolute atomic E-state index is 12.1. The standard InChI is InChI=1S/C17H22O5/c18-14-9-5-4-8-13(10-11-15(19)16(14)20)22-17(21)12-6-2-1-3-7-12/h1-3,6-7,13,15-16,19-20H,4-5,8-11H2. The molecule has 5 nitrogen and oxygen atoms in total. The van der Waals surface area contributed by atoms with E-state index in [1.54, 1.807) is 24.3 Å². The number of rotatable bonds is 2. The molecule has 0 saturated heterocycles. The largest absolute Gasteiger partial charge is 0.459 e. The summed E-state index contributed by atoms with van der Waals surface area (Å²) in [6.07, 6.45) is 0.231.